The van der Waals surface area contributed by atoms with Gasteiger partial charge in [-0.3, -0.25) is 4.79 Å². The summed E-state index contributed by atoms with van der Waals surface area (Å²) in [4.78, 5) is 15.5. The molecule has 1 rings (SSSR count). The van der Waals surface area contributed by atoms with Gasteiger partial charge in [0.15, 0.2) is 0 Å². The van der Waals surface area contributed by atoms with Gasteiger partial charge in [0, 0.05) is 24.5 Å². The van der Waals surface area contributed by atoms with E-state index in [1.807, 2.05) is 13.1 Å². The van der Waals surface area contributed by atoms with Crippen LogP contribution in [0, 0.1) is 6.92 Å². The quantitative estimate of drug-likeness (QED) is 0.615. The van der Waals surface area contributed by atoms with E-state index in [0.717, 1.165) is 17.1 Å². The Morgan fingerprint density at radius 2 is 2.26 bits per heavy atom. The van der Waals surface area contributed by atoms with Crippen LogP contribution >= 0.6 is 11.8 Å². The molecule has 19 heavy (non-hydrogen) atoms. The molecule has 1 aromatic heterocycles. The molecule has 0 aliphatic carbocycles. The van der Waals surface area contributed by atoms with Crippen molar-refractivity contribution in [2.75, 3.05) is 12.9 Å². The fourth-order valence-electron chi connectivity index (χ4n) is 1.52. The van der Waals surface area contributed by atoms with E-state index in [1.54, 1.807) is 11.8 Å². The molecule has 4 nitrogen and oxygen atoms in total. The number of ether oxygens (including phenoxy) is 1. The summed E-state index contributed by atoms with van der Waals surface area (Å²) < 4.78 is 4.61. The number of aromatic nitrogens is 1. The van der Waals surface area contributed by atoms with E-state index in [-0.39, 0.29) is 5.97 Å². The number of hydrogen-bond donors (Lipinski definition) is 1. The Hall–Kier alpha value is -1.07. The highest BCUT2D eigenvalue weighted by molar-refractivity contribution is 7.99. The number of thioether (sulfide) groups is 1. The summed E-state index contributed by atoms with van der Waals surface area (Å²) in [5, 5.41) is 4.35. The number of nitrogens with zero attached hydrogens (tertiary/aromatic N) is 1. The molecular weight excluding hydrogens is 260 g/mol. The number of carbonyl (C=O) groups excluding carboxylic acids is 1. The molecule has 1 aromatic rings. The summed E-state index contributed by atoms with van der Waals surface area (Å²) in [6, 6.07) is 2.61. The Morgan fingerprint density at radius 1 is 1.53 bits per heavy atom. The number of carbonyl (C=O) groups is 1. The normalized spacial score (nSPS) is 10.8. The second-order valence-corrected chi connectivity index (χ2v) is 5.76. The van der Waals surface area contributed by atoms with Crippen LogP contribution in [0.2, 0.25) is 0 Å². The molecule has 5 heteroatoms. The van der Waals surface area contributed by atoms with Gasteiger partial charge in [-0.25, -0.2) is 4.98 Å². The van der Waals surface area contributed by atoms with Crippen molar-refractivity contribution < 1.29 is 9.53 Å². The molecule has 1 heterocycles. The molecule has 0 aliphatic rings. The second kappa shape index (κ2) is 8.17. The molecule has 0 aromatic carbocycles. The molecule has 106 valence electrons. The van der Waals surface area contributed by atoms with E-state index >= 15 is 0 Å². The third-order valence-corrected chi connectivity index (χ3v) is 3.68. The van der Waals surface area contributed by atoms with Gasteiger partial charge in [0.1, 0.15) is 0 Å². The number of methoxy groups -OCH3 is 1. The van der Waals surface area contributed by atoms with E-state index in [0.29, 0.717) is 18.2 Å². The van der Waals surface area contributed by atoms with Crippen molar-refractivity contribution in [2.24, 2.45) is 0 Å². The fraction of sp³-hybridized carbons (Fsp3) is 0.571. The minimum absolute atomic E-state index is 0.178. The minimum Gasteiger partial charge on any atom is -0.469 e. The van der Waals surface area contributed by atoms with Crippen LogP contribution in [0.1, 0.15) is 31.4 Å². The van der Waals surface area contributed by atoms with E-state index in [4.69, 9.17) is 0 Å². The Kier molecular flexibility index (Phi) is 6.87. The molecule has 0 fully saturated rings. The van der Waals surface area contributed by atoms with Gasteiger partial charge in [-0.05, 0) is 18.1 Å². The zero-order chi connectivity index (χ0) is 14.3. The average Bonchev–Trinajstić information content (AvgIpc) is 2.38. The van der Waals surface area contributed by atoms with Crippen molar-refractivity contribution in [3.8, 4) is 0 Å². The average molecular weight is 282 g/mol. The zero-order valence-electron chi connectivity index (χ0n) is 12.0. The van der Waals surface area contributed by atoms with Crippen molar-refractivity contribution in [1.82, 2.24) is 10.3 Å². The lowest BCUT2D eigenvalue weighted by Crippen LogP contribution is -2.21. The van der Waals surface area contributed by atoms with Crippen molar-refractivity contribution >= 4 is 17.7 Å². The Bertz CT molecular complexity index is 422. The number of aryl methyl sites for hydroxylation is 1. The first kappa shape index (κ1) is 16.0. The van der Waals surface area contributed by atoms with Crippen LogP contribution in [0.5, 0.6) is 0 Å². The first-order chi connectivity index (χ1) is 9.02. The highest BCUT2D eigenvalue weighted by Gasteiger charge is 2.05. The van der Waals surface area contributed by atoms with Gasteiger partial charge in [-0.2, -0.15) is 0 Å². The molecular formula is C14H22N2O2S. The van der Waals surface area contributed by atoms with E-state index in [9.17, 15) is 4.79 Å². The van der Waals surface area contributed by atoms with E-state index in [2.05, 4.69) is 35.0 Å². The predicted molar refractivity (Wildman–Crippen MR) is 78.3 cm³/mol. The largest absolute Gasteiger partial charge is 0.469 e. The first-order valence-corrected chi connectivity index (χ1v) is 7.40. The van der Waals surface area contributed by atoms with Gasteiger partial charge in [0.25, 0.3) is 0 Å². The van der Waals surface area contributed by atoms with Crippen LogP contribution in [0.3, 0.4) is 0 Å². The molecule has 0 saturated heterocycles. The molecule has 0 atom stereocenters. The van der Waals surface area contributed by atoms with Crippen molar-refractivity contribution in [3.63, 3.8) is 0 Å². The summed E-state index contributed by atoms with van der Waals surface area (Å²) in [7, 11) is 1.41. The van der Waals surface area contributed by atoms with Gasteiger partial charge in [0.05, 0.1) is 18.6 Å². The lowest BCUT2D eigenvalue weighted by molar-refractivity contribution is -0.140. The summed E-state index contributed by atoms with van der Waals surface area (Å²) in [5.41, 5.74) is 2.33. The summed E-state index contributed by atoms with van der Waals surface area (Å²) in [6.07, 6.45) is 2.31. The second-order valence-electron chi connectivity index (χ2n) is 4.68. The number of hydrogen-bond acceptors (Lipinski definition) is 5. The third kappa shape index (κ3) is 6.07. The van der Waals surface area contributed by atoms with E-state index in [1.165, 1.54) is 12.7 Å². The van der Waals surface area contributed by atoms with Crippen LogP contribution < -0.4 is 5.32 Å². The van der Waals surface area contributed by atoms with Crippen molar-refractivity contribution in [1.29, 1.82) is 0 Å². The fourth-order valence-corrected chi connectivity index (χ4v) is 2.40. The van der Waals surface area contributed by atoms with Gasteiger partial charge in [-0.15, -0.1) is 11.8 Å². The smallest absolute Gasteiger partial charge is 0.306 e. The lowest BCUT2D eigenvalue weighted by Gasteiger charge is -2.10. The number of esters is 1. The molecule has 0 saturated carbocycles. The third-order valence-electron chi connectivity index (χ3n) is 2.57. The topological polar surface area (TPSA) is 51.2 Å². The maximum atomic E-state index is 11.0. The van der Waals surface area contributed by atoms with Crippen LogP contribution in [0.15, 0.2) is 17.3 Å². The molecule has 1 N–H and O–H groups in total. The van der Waals surface area contributed by atoms with Gasteiger partial charge in [0.2, 0.25) is 0 Å². The van der Waals surface area contributed by atoms with Gasteiger partial charge in [-0.1, -0.05) is 19.9 Å². The standard InChI is InChI=1S/C14H22N2O2S/c1-10(2)15-8-12-7-11(3)14(16-9-12)19-6-5-13(17)18-4/h7,9-10,15H,5-6,8H2,1-4H3. The highest BCUT2D eigenvalue weighted by Crippen LogP contribution is 2.21. The zero-order valence-corrected chi connectivity index (χ0v) is 12.8. The minimum atomic E-state index is -0.178. The number of pyridine rings is 1. The maximum absolute atomic E-state index is 11.0. The molecule has 0 radical (unpaired) electrons. The molecule has 0 amide bonds. The van der Waals surface area contributed by atoms with E-state index < -0.39 is 0 Å². The summed E-state index contributed by atoms with van der Waals surface area (Å²) in [5.74, 6) is 0.521. The molecule has 0 spiro atoms. The Labute approximate surface area is 119 Å². The molecule has 0 unspecified atom stereocenters. The predicted octanol–water partition coefficient (Wildman–Crippen LogP) is 2.54. The number of nitrogens with one attached hydrogen (secondary N) is 1. The highest BCUT2D eigenvalue weighted by atomic mass is 32.2. The van der Waals surface area contributed by atoms with Crippen LogP contribution in [0.4, 0.5) is 0 Å². The molecule has 0 aliphatic heterocycles. The van der Waals surface area contributed by atoms with Gasteiger partial charge >= 0.3 is 5.97 Å². The van der Waals surface area contributed by atoms with Crippen LogP contribution in [0.25, 0.3) is 0 Å². The SMILES string of the molecule is COC(=O)CCSc1ncc(CNC(C)C)cc1C. The molecule has 0 bridgehead atoms. The monoisotopic (exact) mass is 282 g/mol. The van der Waals surface area contributed by atoms with Gasteiger partial charge < -0.3 is 10.1 Å². The first-order valence-electron chi connectivity index (χ1n) is 6.41. The summed E-state index contributed by atoms with van der Waals surface area (Å²) in [6.45, 7) is 7.12. The van der Waals surface area contributed by atoms with Crippen LogP contribution in [-0.4, -0.2) is 29.9 Å². The summed E-state index contributed by atoms with van der Waals surface area (Å²) >= 11 is 1.59. The number of rotatable bonds is 7. The Morgan fingerprint density at radius 3 is 2.84 bits per heavy atom. The maximum Gasteiger partial charge on any atom is 0.306 e. The Balaban J connectivity index is 2.50. The lowest BCUT2D eigenvalue weighted by atomic mass is 10.2. The van der Waals surface area contributed by atoms with Crippen molar-refractivity contribution in [2.45, 2.75) is 44.8 Å². The van der Waals surface area contributed by atoms with Crippen molar-refractivity contribution in [3.05, 3.63) is 23.4 Å². The van der Waals surface area contributed by atoms with Crippen LogP contribution in [-0.2, 0) is 16.1 Å².